The van der Waals surface area contributed by atoms with Gasteiger partial charge < -0.3 is 14.6 Å². The summed E-state index contributed by atoms with van der Waals surface area (Å²) in [4.78, 5) is 37.6. The van der Waals surface area contributed by atoms with Crippen molar-refractivity contribution in [2.24, 2.45) is 0 Å². The summed E-state index contributed by atoms with van der Waals surface area (Å²) in [6, 6.07) is 2.78. The van der Waals surface area contributed by atoms with Crippen molar-refractivity contribution in [3.63, 3.8) is 0 Å². The van der Waals surface area contributed by atoms with E-state index < -0.39 is 4.92 Å². The van der Waals surface area contributed by atoms with Gasteiger partial charge in [-0.25, -0.2) is 15.0 Å². The molecule has 4 rings (SSSR count). The molecule has 0 saturated carbocycles. The van der Waals surface area contributed by atoms with Crippen molar-refractivity contribution in [2.75, 3.05) is 18.4 Å². The Morgan fingerprint density at radius 2 is 2.12 bits per heavy atom. The Kier molecular flexibility index (Phi) is 7.17. The summed E-state index contributed by atoms with van der Waals surface area (Å²) in [5.74, 6) is 1.97. The predicted molar refractivity (Wildman–Crippen MR) is 130 cm³/mol. The number of hydrogen-bond donors (Lipinski definition) is 1. The monoisotopic (exact) mass is 502 g/mol. The number of carbonyl (C=O) groups is 1. The van der Waals surface area contributed by atoms with Gasteiger partial charge in [0.05, 0.1) is 27.3 Å². The fraction of sp³-hybridized carbons (Fsp3) is 0.455. The first-order valence-corrected chi connectivity index (χ1v) is 12.7. The smallest absolute Gasteiger partial charge is 0.287 e. The van der Waals surface area contributed by atoms with Gasteiger partial charge in [0.2, 0.25) is 5.89 Å². The zero-order valence-corrected chi connectivity index (χ0v) is 20.8. The molecule has 0 radical (unpaired) electrons. The molecule has 3 aromatic rings. The molecular formula is C22H26N6O4S2. The highest BCUT2D eigenvalue weighted by atomic mass is 32.2. The van der Waals surface area contributed by atoms with Crippen LogP contribution in [0.2, 0.25) is 0 Å². The first-order chi connectivity index (χ1) is 16.2. The van der Waals surface area contributed by atoms with Crippen molar-refractivity contribution in [1.29, 1.82) is 0 Å². The quantitative estimate of drug-likeness (QED) is 0.277. The Bertz CT molecular complexity index is 1150. The molecule has 1 amide bonds. The van der Waals surface area contributed by atoms with Gasteiger partial charge in [0.1, 0.15) is 17.7 Å². The Morgan fingerprint density at radius 1 is 1.29 bits per heavy atom. The minimum atomic E-state index is -0.531. The van der Waals surface area contributed by atoms with Crippen molar-refractivity contribution < 1.29 is 14.1 Å². The van der Waals surface area contributed by atoms with Crippen molar-refractivity contribution in [1.82, 2.24) is 19.9 Å². The van der Waals surface area contributed by atoms with Crippen LogP contribution in [0.4, 0.5) is 10.8 Å². The van der Waals surface area contributed by atoms with E-state index in [2.05, 4.69) is 41.0 Å². The number of amides is 1. The maximum absolute atomic E-state index is 12.8. The highest BCUT2D eigenvalue weighted by molar-refractivity contribution is 8.00. The van der Waals surface area contributed by atoms with Crippen LogP contribution in [0.1, 0.15) is 55.8 Å². The summed E-state index contributed by atoms with van der Waals surface area (Å²) in [5.41, 5.74) is 0.00590. The second-order valence-corrected chi connectivity index (χ2v) is 11.3. The van der Waals surface area contributed by atoms with Crippen molar-refractivity contribution >= 4 is 39.8 Å². The average molecular weight is 503 g/mol. The number of thiazole rings is 1. The lowest BCUT2D eigenvalue weighted by atomic mass is 9.94. The number of rotatable bonds is 7. The van der Waals surface area contributed by atoms with Gasteiger partial charge in [-0.3, -0.25) is 14.9 Å². The third-order valence-electron chi connectivity index (χ3n) is 5.33. The molecule has 0 aliphatic carbocycles. The highest BCUT2D eigenvalue weighted by Crippen LogP contribution is 2.32. The third-order valence-corrected chi connectivity index (χ3v) is 7.44. The first kappa shape index (κ1) is 24.1. The van der Waals surface area contributed by atoms with Gasteiger partial charge in [0.15, 0.2) is 5.13 Å². The summed E-state index contributed by atoms with van der Waals surface area (Å²) in [6.45, 7) is 7.42. The van der Waals surface area contributed by atoms with Gasteiger partial charge in [-0.15, -0.1) is 11.8 Å². The molecule has 1 aliphatic heterocycles. The number of thioether (sulfide) groups is 1. The molecular weight excluding hydrogens is 476 g/mol. The van der Waals surface area contributed by atoms with Crippen LogP contribution < -0.4 is 5.32 Å². The van der Waals surface area contributed by atoms with Crippen molar-refractivity contribution in [3.05, 3.63) is 58.2 Å². The van der Waals surface area contributed by atoms with Crippen LogP contribution in [0.5, 0.6) is 0 Å². The van der Waals surface area contributed by atoms with Crippen LogP contribution in [-0.4, -0.2) is 49.8 Å². The number of nitrogens with one attached hydrogen (secondary N) is 1. The topological polar surface area (TPSA) is 127 Å². The van der Waals surface area contributed by atoms with Crippen LogP contribution in [0, 0.1) is 10.1 Å². The lowest BCUT2D eigenvalue weighted by Crippen LogP contribution is -2.45. The number of hydrogen-bond acceptors (Lipinski definition) is 10. The second kappa shape index (κ2) is 10.1. The van der Waals surface area contributed by atoms with E-state index in [1.165, 1.54) is 12.1 Å². The van der Waals surface area contributed by atoms with Gasteiger partial charge in [-0.05, 0) is 18.9 Å². The number of oxazole rings is 1. The van der Waals surface area contributed by atoms with E-state index in [-0.39, 0.29) is 28.7 Å². The largest absolute Gasteiger partial charge is 0.444 e. The summed E-state index contributed by atoms with van der Waals surface area (Å²) in [6.07, 6.45) is 6.51. The predicted octanol–water partition coefficient (Wildman–Crippen LogP) is 4.74. The van der Waals surface area contributed by atoms with Gasteiger partial charge in [0.25, 0.3) is 11.6 Å². The van der Waals surface area contributed by atoms with Crippen LogP contribution in [-0.2, 0) is 11.2 Å². The van der Waals surface area contributed by atoms with E-state index in [0.29, 0.717) is 24.7 Å². The Morgan fingerprint density at radius 3 is 2.79 bits per heavy atom. The van der Waals surface area contributed by atoms with Crippen LogP contribution in [0.15, 0.2) is 39.3 Å². The van der Waals surface area contributed by atoms with Crippen molar-refractivity contribution in [3.8, 4) is 0 Å². The lowest BCUT2D eigenvalue weighted by Gasteiger charge is -2.32. The first-order valence-electron chi connectivity index (χ1n) is 10.9. The van der Waals surface area contributed by atoms with Gasteiger partial charge in [0, 0.05) is 30.6 Å². The molecule has 12 heteroatoms. The summed E-state index contributed by atoms with van der Waals surface area (Å²) >= 11 is 3.19. The fourth-order valence-electron chi connectivity index (χ4n) is 3.49. The number of likely N-dealkylation sites (tertiary alicyclic amines) is 1. The number of anilines is 1. The lowest BCUT2D eigenvalue weighted by molar-refractivity contribution is -0.385. The molecule has 1 fully saturated rings. The summed E-state index contributed by atoms with van der Waals surface area (Å²) < 4.78 is 6.90. The van der Waals surface area contributed by atoms with Crippen LogP contribution in [0.25, 0.3) is 0 Å². The molecule has 0 bridgehead atoms. The molecule has 4 heterocycles. The van der Waals surface area contributed by atoms with E-state index in [1.807, 2.05) is 6.20 Å². The van der Waals surface area contributed by atoms with E-state index in [1.54, 1.807) is 34.2 Å². The van der Waals surface area contributed by atoms with Gasteiger partial charge >= 0.3 is 0 Å². The molecule has 1 unspecified atom stereocenters. The minimum Gasteiger partial charge on any atom is -0.444 e. The number of carbonyl (C=O) groups excluding carboxylic acids is 1. The SMILES string of the molecule is CC(C)(C)c1cnc(CSc2cnc(NC3CCCN(C(=O)c4ccc([N+](=O)[O-])cn4)C3)s2)o1. The normalized spacial score (nSPS) is 16.4. The molecule has 0 spiro atoms. The molecule has 180 valence electrons. The number of pyridine rings is 1. The second-order valence-electron chi connectivity index (χ2n) is 9.03. The zero-order valence-electron chi connectivity index (χ0n) is 19.2. The maximum atomic E-state index is 12.8. The third kappa shape index (κ3) is 5.92. The van der Waals surface area contributed by atoms with Gasteiger partial charge in [-0.2, -0.15) is 0 Å². The number of nitrogens with zero attached hydrogens (tertiary/aromatic N) is 5. The van der Waals surface area contributed by atoms with Gasteiger partial charge in [-0.1, -0.05) is 32.1 Å². The number of nitro groups is 1. The van der Waals surface area contributed by atoms with Crippen LogP contribution >= 0.6 is 23.1 Å². The van der Waals surface area contributed by atoms with Crippen LogP contribution in [0.3, 0.4) is 0 Å². The van der Waals surface area contributed by atoms with Crippen molar-refractivity contribution in [2.45, 2.75) is 55.0 Å². The standard InChI is InChI=1S/C22H26N6O4S2/c1-22(2,3)17-10-24-18(32-17)13-33-19-11-25-21(34-19)26-14-5-4-8-27(12-14)20(29)16-7-6-15(9-23-16)28(30)31/h6-7,9-11,14H,4-5,8,12-13H2,1-3H3,(H,25,26). The van der Waals surface area contributed by atoms with E-state index >= 15 is 0 Å². The Labute approximate surface area is 205 Å². The number of piperidine rings is 1. The summed E-state index contributed by atoms with van der Waals surface area (Å²) in [5, 5.41) is 15.0. The van der Waals surface area contributed by atoms with E-state index in [9.17, 15) is 14.9 Å². The molecule has 34 heavy (non-hydrogen) atoms. The average Bonchev–Trinajstić information content (AvgIpc) is 3.47. The summed E-state index contributed by atoms with van der Waals surface area (Å²) in [7, 11) is 0. The fourth-order valence-corrected chi connectivity index (χ4v) is 5.29. The molecule has 1 aliphatic rings. The van der Waals surface area contributed by atoms with E-state index in [4.69, 9.17) is 4.42 Å². The molecule has 10 nitrogen and oxygen atoms in total. The Balaban J connectivity index is 1.30. The zero-order chi connectivity index (χ0) is 24.3. The molecule has 1 atom stereocenters. The molecule has 1 saturated heterocycles. The van der Waals surface area contributed by atoms with E-state index in [0.717, 1.165) is 34.1 Å². The minimum absolute atomic E-state index is 0.0682. The Hall–Kier alpha value is -2.99. The molecule has 3 aromatic heterocycles. The maximum Gasteiger partial charge on any atom is 0.287 e. The highest BCUT2D eigenvalue weighted by Gasteiger charge is 2.26. The molecule has 0 aromatic carbocycles. The molecule has 1 N–H and O–H groups in total. The number of aromatic nitrogens is 3.